The van der Waals surface area contributed by atoms with Crippen LogP contribution in [0.3, 0.4) is 0 Å². The molecular formula is C15H27NO3. The average molecular weight is 269 g/mol. The number of hydrogen-bond donors (Lipinski definition) is 0. The molecule has 1 amide bonds. The summed E-state index contributed by atoms with van der Waals surface area (Å²) in [6, 6.07) is 0. The second kappa shape index (κ2) is 5.93. The van der Waals surface area contributed by atoms with Crippen LogP contribution in [0.15, 0.2) is 0 Å². The van der Waals surface area contributed by atoms with Crippen molar-refractivity contribution in [1.82, 2.24) is 4.90 Å². The van der Waals surface area contributed by atoms with E-state index < -0.39 is 5.60 Å². The van der Waals surface area contributed by atoms with E-state index in [1.807, 2.05) is 25.7 Å². The smallest absolute Gasteiger partial charge is 0.306 e. The van der Waals surface area contributed by atoms with Crippen molar-refractivity contribution in [2.45, 2.75) is 65.9 Å². The number of nitrogens with zero attached hydrogens (tertiary/aromatic N) is 1. The largest absolute Gasteiger partial charge is 0.460 e. The molecule has 0 bridgehead atoms. The number of piperidine rings is 1. The minimum Gasteiger partial charge on any atom is -0.460 e. The molecule has 1 rings (SSSR count). The van der Waals surface area contributed by atoms with Gasteiger partial charge < -0.3 is 9.64 Å². The van der Waals surface area contributed by atoms with E-state index in [1.165, 1.54) is 0 Å². The first-order valence-electron chi connectivity index (χ1n) is 7.09. The van der Waals surface area contributed by atoms with Gasteiger partial charge in [0.1, 0.15) is 5.60 Å². The zero-order valence-electron chi connectivity index (χ0n) is 12.9. The van der Waals surface area contributed by atoms with Gasteiger partial charge >= 0.3 is 5.97 Å². The quantitative estimate of drug-likeness (QED) is 0.740. The zero-order chi connectivity index (χ0) is 14.7. The molecule has 0 radical (unpaired) electrons. The molecule has 0 atom stereocenters. The fourth-order valence-corrected chi connectivity index (χ4v) is 2.12. The van der Waals surface area contributed by atoms with Crippen molar-refractivity contribution in [3.8, 4) is 0 Å². The van der Waals surface area contributed by atoms with Crippen molar-refractivity contribution in [3.05, 3.63) is 0 Å². The molecule has 0 aromatic heterocycles. The van der Waals surface area contributed by atoms with E-state index in [0.29, 0.717) is 5.41 Å². The second-order valence-corrected chi connectivity index (χ2v) is 7.13. The highest BCUT2D eigenvalue weighted by Gasteiger charge is 2.28. The van der Waals surface area contributed by atoms with Gasteiger partial charge in [-0.15, -0.1) is 0 Å². The lowest BCUT2D eigenvalue weighted by molar-refractivity contribution is -0.156. The van der Waals surface area contributed by atoms with Crippen molar-refractivity contribution in [2.24, 2.45) is 5.41 Å². The topological polar surface area (TPSA) is 46.6 Å². The highest BCUT2D eigenvalue weighted by molar-refractivity contribution is 5.81. The molecule has 1 aliphatic heterocycles. The average Bonchev–Trinajstić information content (AvgIpc) is 2.23. The van der Waals surface area contributed by atoms with Crippen LogP contribution in [-0.4, -0.2) is 35.5 Å². The molecule has 0 spiro atoms. The Bertz CT molecular complexity index is 332. The van der Waals surface area contributed by atoms with Crippen molar-refractivity contribution in [2.75, 3.05) is 13.1 Å². The zero-order valence-corrected chi connectivity index (χ0v) is 12.9. The summed E-state index contributed by atoms with van der Waals surface area (Å²) in [6.07, 6.45) is 2.50. The lowest BCUT2D eigenvalue weighted by atomic mass is 9.82. The third-order valence-corrected chi connectivity index (χ3v) is 3.43. The Kier molecular flexibility index (Phi) is 4.99. The minimum absolute atomic E-state index is 0.0707. The maximum atomic E-state index is 12.0. The van der Waals surface area contributed by atoms with Crippen molar-refractivity contribution in [3.63, 3.8) is 0 Å². The first-order valence-corrected chi connectivity index (χ1v) is 7.09. The van der Waals surface area contributed by atoms with Crippen LogP contribution in [0, 0.1) is 5.41 Å². The Labute approximate surface area is 116 Å². The SMILES string of the molecule is CC1(C)CCN(C(=O)CCC(=O)OC(C)(C)C)CC1. The minimum atomic E-state index is -0.477. The van der Waals surface area contributed by atoms with Gasteiger partial charge in [0, 0.05) is 19.5 Å². The van der Waals surface area contributed by atoms with Gasteiger partial charge in [-0.1, -0.05) is 13.8 Å². The molecule has 19 heavy (non-hydrogen) atoms. The van der Waals surface area contributed by atoms with E-state index in [9.17, 15) is 9.59 Å². The number of carbonyl (C=O) groups excluding carboxylic acids is 2. The number of likely N-dealkylation sites (tertiary alicyclic amines) is 1. The molecule has 110 valence electrons. The predicted molar refractivity (Wildman–Crippen MR) is 74.7 cm³/mol. The lowest BCUT2D eigenvalue weighted by Crippen LogP contribution is -2.41. The maximum Gasteiger partial charge on any atom is 0.306 e. The molecule has 1 fully saturated rings. The Morgan fingerprint density at radius 2 is 1.63 bits per heavy atom. The number of amides is 1. The summed E-state index contributed by atoms with van der Waals surface area (Å²) in [7, 11) is 0. The summed E-state index contributed by atoms with van der Waals surface area (Å²) in [5.41, 5.74) is -0.142. The van der Waals surface area contributed by atoms with Crippen LogP contribution in [0.25, 0.3) is 0 Å². The summed E-state index contributed by atoms with van der Waals surface area (Å²) in [4.78, 5) is 25.4. The standard InChI is InChI=1S/C15H27NO3/c1-14(2,3)19-13(18)7-6-12(17)16-10-8-15(4,5)9-11-16/h6-11H2,1-5H3. The number of carbonyl (C=O) groups is 2. The van der Waals surface area contributed by atoms with E-state index >= 15 is 0 Å². The maximum absolute atomic E-state index is 12.0. The molecule has 1 aliphatic rings. The molecular weight excluding hydrogens is 242 g/mol. The van der Waals surface area contributed by atoms with Crippen molar-refractivity contribution >= 4 is 11.9 Å². The van der Waals surface area contributed by atoms with Crippen LogP contribution in [0.4, 0.5) is 0 Å². The van der Waals surface area contributed by atoms with E-state index in [2.05, 4.69) is 13.8 Å². The summed E-state index contributed by atoms with van der Waals surface area (Å²) < 4.78 is 5.20. The predicted octanol–water partition coefficient (Wildman–Crippen LogP) is 2.76. The first kappa shape index (κ1) is 16.0. The summed E-state index contributed by atoms with van der Waals surface area (Å²) in [5, 5.41) is 0. The normalized spacial score (nSPS) is 19.1. The highest BCUT2D eigenvalue weighted by atomic mass is 16.6. The van der Waals surface area contributed by atoms with Gasteiger partial charge in [0.25, 0.3) is 0 Å². The molecule has 0 unspecified atom stereocenters. The van der Waals surface area contributed by atoms with Crippen LogP contribution in [0.5, 0.6) is 0 Å². The number of rotatable bonds is 3. The molecule has 1 heterocycles. The molecule has 4 nitrogen and oxygen atoms in total. The monoisotopic (exact) mass is 269 g/mol. The van der Waals surface area contributed by atoms with E-state index in [4.69, 9.17) is 4.74 Å². The highest BCUT2D eigenvalue weighted by Crippen LogP contribution is 2.29. The number of ether oxygens (including phenoxy) is 1. The Hall–Kier alpha value is -1.06. The third-order valence-electron chi connectivity index (χ3n) is 3.43. The van der Waals surface area contributed by atoms with Crippen molar-refractivity contribution in [1.29, 1.82) is 0 Å². The van der Waals surface area contributed by atoms with E-state index in [-0.39, 0.29) is 24.7 Å². The first-order chi connectivity index (χ1) is 8.59. The molecule has 0 aromatic rings. The number of hydrogen-bond acceptors (Lipinski definition) is 3. The summed E-state index contributed by atoms with van der Waals surface area (Å²) >= 11 is 0. The fourth-order valence-electron chi connectivity index (χ4n) is 2.12. The van der Waals surface area contributed by atoms with Gasteiger partial charge in [-0.2, -0.15) is 0 Å². The Morgan fingerprint density at radius 3 is 2.11 bits per heavy atom. The van der Waals surface area contributed by atoms with Gasteiger partial charge in [0.05, 0.1) is 6.42 Å². The molecule has 0 aliphatic carbocycles. The molecule has 0 N–H and O–H groups in total. The Morgan fingerprint density at radius 1 is 1.11 bits per heavy atom. The van der Waals surface area contributed by atoms with Crippen LogP contribution in [-0.2, 0) is 14.3 Å². The van der Waals surface area contributed by atoms with Crippen molar-refractivity contribution < 1.29 is 14.3 Å². The molecule has 0 aromatic carbocycles. The van der Waals surface area contributed by atoms with Crippen LogP contribution in [0.2, 0.25) is 0 Å². The van der Waals surface area contributed by atoms with E-state index in [0.717, 1.165) is 25.9 Å². The molecule has 1 saturated heterocycles. The van der Waals surface area contributed by atoms with Crippen LogP contribution < -0.4 is 0 Å². The molecule has 0 saturated carbocycles. The number of esters is 1. The van der Waals surface area contributed by atoms with Gasteiger partial charge in [-0.3, -0.25) is 9.59 Å². The lowest BCUT2D eigenvalue weighted by Gasteiger charge is -2.37. The van der Waals surface area contributed by atoms with Gasteiger partial charge in [0.2, 0.25) is 5.91 Å². The fraction of sp³-hybridized carbons (Fsp3) is 0.867. The van der Waals surface area contributed by atoms with Gasteiger partial charge in [-0.05, 0) is 39.0 Å². The van der Waals surface area contributed by atoms with Crippen LogP contribution >= 0.6 is 0 Å². The van der Waals surface area contributed by atoms with E-state index in [1.54, 1.807) is 0 Å². The summed E-state index contributed by atoms with van der Waals surface area (Å²) in [6.45, 7) is 11.6. The van der Waals surface area contributed by atoms with Gasteiger partial charge in [0.15, 0.2) is 0 Å². The third kappa shape index (κ3) is 6.08. The van der Waals surface area contributed by atoms with Gasteiger partial charge in [-0.25, -0.2) is 0 Å². The second-order valence-electron chi connectivity index (χ2n) is 7.13. The van der Waals surface area contributed by atoms with Crippen LogP contribution in [0.1, 0.15) is 60.3 Å². The molecule has 4 heteroatoms. The summed E-state index contributed by atoms with van der Waals surface area (Å²) in [5.74, 6) is -0.223. The Balaban J connectivity index is 2.31.